The third kappa shape index (κ3) is 4.81. The van der Waals surface area contributed by atoms with Gasteiger partial charge in [-0.2, -0.15) is 18.3 Å². The average molecular weight is 428 g/mol. The van der Waals surface area contributed by atoms with Crippen molar-refractivity contribution in [1.82, 2.24) is 24.2 Å². The molecule has 30 heavy (non-hydrogen) atoms. The Morgan fingerprint density at radius 3 is 2.53 bits per heavy atom. The normalized spacial score (nSPS) is 21.9. The first-order valence-electron chi connectivity index (χ1n) is 9.27. The van der Waals surface area contributed by atoms with E-state index in [2.05, 4.69) is 19.5 Å². The Labute approximate surface area is 170 Å². The van der Waals surface area contributed by atoms with Crippen LogP contribution in [0.5, 0.6) is 0 Å². The van der Waals surface area contributed by atoms with Gasteiger partial charge in [0.2, 0.25) is 5.91 Å². The first kappa shape index (κ1) is 21.8. The van der Waals surface area contributed by atoms with Gasteiger partial charge in [0.05, 0.1) is 18.4 Å². The van der Waals surface area contributed by atoms with Crippen LogP contribution < -0.4 is 4.90 Å². The van der Waals surface area contributed by atoms with E-state index in [1.807, 2.05) is 37.6 Å². The van der Waals surface area contributed by atoms with Crippen molar-refractivity contribution in [3.8, 4) is 0 Å². The zero-order chi connectivity index (χ0) is 22.1. The molecule has 2 fully saturated rings. The number of carboxylic acids is 1. The third-order valence-electron chi connectivity index (χ3n) is 5.37. The number of halogens is 3. The number of carbonyl (C=O) groups is 2. The summed E-state index contributed by atoms with van der Waals surface area (Å²) in [5, 5.41) is 11.3. The van der Waals surface area contributed by atoms with Crippen LogP contribution in [0.1, 0.15) is 18.7 Å². The minimum Gasteiger partial charge on any atom is -0.475 e. The van der Waals surface area contributed by atoms with E-state index >= 15 is 0 Å². The molecule has 0 saturated carbocycles. The van der Waals surface area contributed by atoms with Gasteiger partial charge in [0.25, 0.3) is 0 Å². The van der Waals surface area contributed by atoms with Gasteiger partial charge in [-0.1, -0.05) is 0 Å². The van der Waals surface area contributed by atoms with E-state index in [0.717, 1.165) is 44.1 Å². The number of nitrogens with zero attached hydrogens (tertiary/aromatic N) is 6. The largest absolute Gasteiger partial charge is 0.490 e. The molecule has 1 amide bonds. The van der Waals surface area contributed by atoms with Crippen LogP contribution in [-0.2, 0) is 30.2 Å². The lowest BCUT2D eigenvalue weighted by molar-refractivity contribution is -0.192. The Bertz CT molecular complexity index is 924. The van der Waals surface area contributed by atoms with Crippen molar-refractivity contribution in [2.45, 2.75) is 25.6 Å². The zero-order valence-corrected chi connectivity index (χ0v) is 16.6. The number of rotatable bonds is 3. The minimum atomic E-state index is -5.08. The van der Waals surface area contributed by atoms with E-state index < -0.39 is 12.1 Å². The lowest BCUT2D eigenvalue weighted by Crippen LogP contribution is -2.31. The van der Waals surface area contributed by atoms with Crippen LogP contribution in [-0.4, -0.2) is 67.0 Å². The second kappa shape index (κ2) is 8.09. The SMILES string of the molecule is Cn1cc(N2CC3(CCN(Cc4nccn4C)C3)CC2=O)cn1.O=C(O)C(F)(F)F. The molecular formula is C18H23F3N6O3. The molecule has 0 radical (unpaired) electrons. The van der Waals surface area contributed by atoms with Gasteiger partial charge in [-0.15, -0.1) is 0 Å². The number of anilines is 1. The molecule has 0 bridgehead atoms. The molecular weight excluding hydrogens is 405 g/mol. The highest BCUT2D eigenvalue weighted by molar-refractivity contribution is 5.96. The first-order chi connectivity index (χ1) is 14.0. The molecule has 4 rings (SSSR count). The Balaban J connectivity index is 0.000000318. The molecule has 9 nitrogen and oxygen atoms in total. The number of amides is 1. The molecule has 2 aliphatic rings. The van der Waals surface area contributed by atoms with E-state index in [0.29, 0.717) is 6.42 Å². The van der Waals surface area contributed by atoms with Gasteiger partial charge < -0.3 is 14.6 Å². The minimum absolute atomic E-state index is 0.0814. The van der Waals surface area contributed by atoms with E-state index in [1.165, 1.54) is 0 Å². The van der Waals surface area contributed by atoms with Gasteiger partial charge in [0.15, 0.2) is 0 Å². The van der Waals surface area contributed by atoms with Crippen molar-refractivity contribution >= 4 is 17.6 Å². The molecule has 1 unspecified atom stereocenters. The van der Waals surface area contributed by atoms with Crippen molar-refractivity contribution in [2.75, 3.05) is 24.5 Å². The summed E-state index contributed by atoms with van der Waals surface area (Å²) in [6.45, 7) is 3.64. The maximum Gasteiger partial charge on any atom is 0.490 e. The molecule has 2 saturated heterocycles. The van der Waals surface area contributed by atoms with Crippen LogP contribution >= 0.6 is 0 Å². The van der Waals surface area contributed by atoms with Gasteiger partial charge in [-0.25, -0.2) is 9.78 Å². The Morgan fingerprint density at radius 1 is 1.30 bits per heavy atom. The van der Waals surface area contributed by atoms with Crippen LogP contribution in [0.25, 0.3) is 0 Å². The zero-order valence-electron chi connectivity index (χ0n) is 16.6. The van der Waals surface area contributed by atoms with Gasteiger partial charge in [0, 0.05) is 57.6 Å². The highest BCUT2D eigenvalue weighted by Crippen LogP contribution is 2.42. The number of aryl methyl sites for hydroxylation is 2. The predicted molar refractivity (Wildman–Crippen MR) is 99.4 cm³/mol. The summed E-state index contributed by atoms with van der Waals surface area (Å²) in [4.78, 5) is 30.1. The molecule has 2 aromatic heterocycles. The fraction of sp³-hybridized carbons (Fsp3) is 0.556. The molecule has 1 atom stereocenters. The number of likely N-dealkylation sites (tertiary alicyclic amines) is 1. The standard InChI is InChI=1S/C16H22N6O.C2HF3O2/c1-19-6-4-17-14(19)10-21-5-3-16(11-21)7-15(23)22(12-16)13-8-18-20(2)9-13;3-2(4,5)1(6)7/h4,6,8-9H,3,5,7,10-12H2,1-2H3;(H,6,7). The van der Waals surface area contributed by atoms with E-state index in [4.69, 9.17) is 9.90 Å². The van der Waals surface area contributed by atoms with Crippen molar-refractivity contribution in [1.29, 1.82) is 0 Å². The quantitative estimate of drug-likeness (QED) is 0.794. The highest BCUT2D eigenvalue weighted by Gasteiger charge is 2.48. The summed E-state index contributed by atoms with van der Waals surface area (Å²) in [6.07, 6.45) is 4.13. The summed E-state index contributed by atoms with van der Waals surface area (Å²) in [6, 6.07) is 0. The average Bonchev–Trinajstić information content (AvgIpc) is 3.40. The molecule has 4 heterocycles. The number of hydrogen-bond acceptors (Lipinski definition) is 5. The molecule has 164 valence electrons. The summed E-state index contributed by atoms with van der Waals surface area (Å²) in [7, 11) is 3.90. The molecule has 2 aromatic rings. The maximum atomic E-state index is 12.5. The lowest BCUT2D eigenvalue weighted by Gasteiger charge is -2.23. The van der Waals surface area contributed by atoms with Crippen LogP contribution in [0.3, 0.4) is 0 Å². The molecule has 0 aliphatic carbocycles. The monoisotopic (exact) mass is 428 g/mol. The number of alkyl halides is 3. The predicted octanol–water partition coefficient (Wildman–Crippen LogP) is 1.42. The molecule has 1 spiro atoms. The lowest BCUT2D eigenvalue weighted by atomic mass is 9.86. The number of aromatic nitrogens is 4. The maximum absolute atomic E-state index is 12.5. The number of hydrogen-bond donors (Lipinski definition) is 1. The summed E-state index contributed by atoms with van der Waals surface area (Å²) < 4.78 is 35.5. The van der Waals surface area contributed by atoms with Crippen molar-refractivity contribution in [3.63, 3.8) is 0 Å². The van der Waals surface area contributed by atoms with Gasteiger partial charge in [0.1, 0.15) is 5.82 Å². The van der Waals surface area contributed by atoms with E-state index in [1.54, 1.807) is 10.9 Å². The Morgan fingerprint density at radius 2 is 2.00 bits per heavy atom. The number of carboxylic acid groups (broad SMARTS) is 1. The van der Waals surface area contributed by atoms with Crippen LogP contribution in [0.4, 0.5) is 18.9 Å². The topological polar surface area (TPSA) is 96.5 Å². The summed E-state index contributed by atoms with van der Waals surface area (Å²) >= 11 is 0. The molecule has 2 aliphatic heterocycles. The van der Waals surface area contributed by atoms with Crippen molar-refractivity contribution in [2.24, 2.45) is 19.5 Å². The number of carbonyl (C=O) groups excluding carboxylic acids is 1. The smallest absolute Gasteiger partial charge is 0.475 e. The highest BCUT2D eigenvalue weighted by atomic mass is 19.4. The fourth-order valence-corrected chi connectivity index (χ4v) is 3.86. The Hall–Kier alpha value is -2.89. The summed E-state index contributed by atoms with van der Waals surface area (Å²) in [5.74, 6) is -1.46. The summed E-state index contributed by atoms with van der Waals surface area (Å²) in [5.41, 5.74) is 0.995. The second-order valence-electron chi connectivity index (χ2n) is 7.75. The van der Waals surface area contributed by atoms with Gasteiger partial charge in [-0.3, -0.25) is 14.4 Å². The number of imidazole rings is 1. The van der Waals surface area contributed by atoms with Crippen molar-refractivity contribution in [3.05, 3.63) is 30.6 Å². The van der Waals surface area contributed by atoms with E-state index in [-0.39, 0.29) is 11.3 Å². The number of aliphatic carboxylic acids is 1. The van der Waals surface area contributed by atoms with Crippen LogP contribution in [0.2, 0.25) is 0 Å². The van der Waals surface area contributed by atoms with E-state index in [9.17, 15) is 18.0 Å². The Kier molecular flexibility index (Phi) is 5.88. The van der Waals surface area contributed by atoms with Crippen LogP contribution in [0, 0.1) is 5.41 Å². The first-order valence-corrected chi connectivity index (χ1v) is 9.27. The van der Waals surface area contributed by atoms with Crippen molar-refractivity contribution < 1.29 is 27.9 Å². The molecule has 0 aromatic carbocycles. The second-order valence-corrected chi connectivity index (χ2v) is 7.75. The van der Waals surface area contributed by atoms with Gasteiger partial charge >= 0.3 is 12.1 Å². The third-order valence-corrected chi connectivity index (χ3v) is 5.37. The fourth-order valence-electron chi connectivity index (χ4n) is 3.86. The molecule has 12 heteroatoms. The van der Waals surface area contributed by atoms with Gasteiger partial charge in [-0.05, 0) is 13.0 Å². The van der Waals surface area contributed by atoms with Crippen LogP contribution in [0.15, 0.2) is 24.8 Å². The molecule has 1 N–H and O–H groups in total.